The molecule has 0 bridgehead atoms. The highest BCUT2D eigenvalue weighted by Gasteiger charge is 2.19. The Bertz CT molecular complexity index is 968. The molecular weight excluding hydrogens is 348 g/mol. The summed E-state index contributed by atoms with van der Waals surface area (Å²) in [5.74, 6) is 2.08. The molecule has 1 aliphatic rings. The quantitative estimate of drug-likeness (QED) is 0.544. The lowest BCUT2D eigenvalue weighted by Crippen LogP contribution is -2.01. The molecule has 0 spiro atoms. The van der Waals surface area contributed by atoms with E-state index >= 15 is 0 Å². The number of aromatic nitrogens is 2. The number of thiophene rings is 1. The number of hydrazone groups is 1. The number of hydrogen-bond donors (Lipinski definition) is 1. The molecular formula is C19H20N4O2S. The van der Waals surface area contributed by atoms with Crippen LogP contribution in [0.5, 0.6) is 11.5 Å². The highest BCUT2D eigenvalue weighted by atomic mass is 32.1. The Morgan fingerprint density at radius 2 is 2.04 bits per heavy atom. The molecule has 0 unspecified atom stereocenters. The molecule has 1 aromatic carbocycles. The van der Waals surface area contributed by atoms with Gasteiger partial charge in [0, 0.05) is 10.4 Å². The van der Waals surface area contributed by atoms with E-state index in [-0.39, 0.29) is 0 Å². The first-order valence-corrected chi connectivity index (χ1v) is 9.38. The summed E-state index contributed by atoms with van der Waals surface area (Å²) in [6.45, 7) is 0. The van der Waals surface area contributed by atoms with Gasteiger partial charge in [-0.1, -0.05) is 6.07 Å². The van der Waals surface area contributed by atoms with Crippen LogP contribution in [0.2, 0.25) is 0 Å². The maximum atomic E-state index is 5.43. The van der Waals surface area contributed by atoms with Crippen LogP contribution in [0.25, 0.3) is 10.2 Å². The maximum Gasteiger partial charge on any atom is 0.169 e. The SMILES string of the molecule is COc1cccc(/C=N\Nc2ncnc3sc4c(c23)CCCC4)c1OC. The maximum absolute atomic E-state index is 5.43. The zero-order valence-electron chi connectivity index (χ0n) is 14.8. The number of benzene rings is 1. The molecule has 134 valence electrons. The van der Waals surface area contributed by atoms with E-state index in [1.807, 2.05) is 18.2 Å². The molecule has 26 heavy (non-hydrogen) atoms. The molecule has 6 nitrogen and oxygen atoms in total. The van der Waals surface area contributed by atoms with Crippen molar-refractivity contribution >= 4 is 33.6 Å². The van der Waals surface area contributed by atoms with Crippen LogP contribution in [0.4, 0.5) is 5.82 Å². The minimum Gasteiger partial charge on any atom is -0.493 e. The van der Waals surface area contributed by atoms with Crippen LogP contribution in [-0.2, 0) is 12.8 Å². The van der Waals surface area contributed by atoms with Gasteiger partial charge in [-0.25, -0.2) is 9.97 Å². The third kappa shape index (κ3) is 2.99. The smallest absolute Gasteiger partial charge is 0.169 e. The highest BCUT2D eigenvalue weighted by Crippen LogP contribution is 2.38. The minimum atomic E-state index is 0.654. The lowest BCUT2D eigenvalue weighted by atomic mass is 9.97. The fourth-order valence-electron chi connectivity index (χ4n) is 3.35. The summed E-state index contributed by atoms with van der Waals surface area (Å²) in [5, 5.41) is 5.49. The highest BCUT2D eigenvalue weighted by molar-refractivity contribution is 7.19. The van der Waals surface area contributed by atoms with Crippen LogP contribution < -0.4 is 14.9 Å². The standard InChI is InChI=1S/C19H20N4O2S/c1-24-14-8-5-6-12(17(14)25-2)10-22-23-18-16-13-7-3-4-9-15(13)26-19(16)21-11-20-18/h5-6,8,10-11H,3-4,7,9H2,1-2H3,(H,20,21,23)/b22-10-. The summed E-state index contributed by atoms with van der Waals surface area (Å²) >= 11 is 1.78. The van der Waals surface area contributed by atoms with Crippen LogP contribution in [0.15, 0.2) is 29.6 Å². The van der Waals surface area contributed by atoms with Crippen molar-refractivity contribution < 1.29 is 9.47 Å². The lowest BCUT2D eigenvalue weighted by molar-refractivity contribution is 0.354. The number of hydrogen-bond acceptors (Lipinski definition) is 7. The van der Waals surface area contributed by atoms with Crippen molar-refractivity contribution in [3.8, 4) is 11.5 Å². The summed E-state index contributed by atoms with van der Waals surface area (Å²) in [6, 6.07) is 5.69. The normalized spacial score (nSPS) is 13.8. The molecule has 3 aromatic rings. The Labute approximate surface area is 155 Å². The van der Waals surface area contributed by atoms with E-state index in [2.05, 4.69) is 20.5 Å². The predicted octanol–water partition coefficient (Wildman–Crippen LogP) is 4.03. The Balaban J connectivity index is 1.65. The van der Waals surface area contributed by atoms with E-state index in [0.29, 0.717) is 11.5 Å². The van der Waals surface area contributed by atoms with Gasteiger partial charge in [0.2, 0.25) is 0 Å². The summed E-state index contributed by atoms with van der Waals surface area (Å²) in [5.41, 5.74) is 5.30. The fraction of sp³-hybridized carbons (Fsp3) is 0.316. The van der Waals surface area contributed by atoms with Crippen molar-refractivity contribution in [3.05, 3.63) is 40.5 Å². The van der Waals surface area contributed by atoms with E-state index in [1.165, 1.54) is 23.3 Å². The molecule has 4 rings (SSSR count). The molecule has 2 heterocycles. The van der Waals surface area contributed by atoms with Gasteiger partial charge in [0.05, 0.1) is 25.8 Å². The van der Waals surface area contributed by atoms with Crippen molar-refractivity contribution in [2.45, 2.75) is 25.7 Å². The van der Waals surface area contributed by atoms with Crippen LogP contribution >= 0.6 is 11.3 Å². The number of fused-ring (bicyclic) bond motifs is 3. The lowest BCUT2D eigenvalue weighted by Gasteiger charge is -2.11. The first-order chi connectivity index (χ1) is 12.8. The number of para-hydroxylation sites is 1. The molecule has 0 radical (unpaired) electrons. The number of rotatable bonds is 5. The van der Waals surface area contributed by atoms with E-state index < -0.39 is 0 Å². The first kappa shape index (κ1) is 16.8. The number of nitrogens with zero attached hydrogens (tertiary/aromatic N) is 3. The molecule has 0 saturated heterocycles. The Morgan fingerprint density at radius 1 is 1.15 bits per heavy atom. The number of ether oxygens (including phenoxy) is 2. The zero-order valence-corrected chi connectivity index (χ0v) is 15.6. The van der Waals surface area contributed by atoms with Gasteiger partial charge in [-0.3, -0.25) is 5.43 Å². The second-order valence-electron chi connectivity index (χ2n) is 6.07. The van der Waals surface area contributed by atoms with Gasteiger partial charge in [-0.05, 0) is 43.4 Å². The van der Waals surface area contributed by atoms with E-state index in [0.717, 1.165) is 34.4 Å². The first-order valence-electron chi connectivity index (χ1n) is 8.57. The van der Waals surface area contributed by atoms with Crippen molar-refractivity contribution in [1.82, 2.24) is 9.97 Å². The second kappa shape index (κ2) is 7.29. The summed E-state index contributed by atoms with van der Waals surface area (Å²) in [7, 11) is 3.24. The third-order valence-corrected chi connectivity index (χ3v) is 5.76. The Kier molecular flexibility index (Phi) is 4.71. The van der Waals surface area contributed by atoms with Gasteiger partial charge in [0.25, 0.3) is 0 Å². The van der Waals surface area contributed by atoms with Crippen LogP contribution in [0.3, 0.4) is 0 Å². The summed E-state index contributed by atoms with van der Waals surface area (Å²) in [4.78, 5) is 11.3. The van der Waals surface area contributed by atoms with Crippen LogP contribution in [0.1, 0.15) is 28.8 Å². The molecule has 0 amide bonds. The van der Waals surface area contributed by atoms with Gasteiger partial charge in [0.15, 0.2) is 17.3 Å². The molecule has 0 atom stereocenters. The van der Waals surface area contributed by atoms with E-state index in [4.69, 9.17) is 9.47 Å². The minimum absolute atomic E-state index is 0.654. The van der Waals surface area contributed by atoms with Crippen molar-refractivity contribution in [3.63, 3.8) is 0 Å². The van der Waals surface area contributed by atoms with Gasteiger partial charge in [0.1, 0.15) is 11.2 Å². The Hall–Kier alpha value is -2.67. The second-order valence-corrected chi connectivity index (χ2v) is 7.15. The molecule has 1 N–H and O–H groups in total. The number of aryl methyl sites for hydroxylation is 2. The zero-order chi connectivity index (χ0) is 17.9. The number of nitrogens with one attached hydrogen (secondary N) is 1. The molecule has 0 fully saturated rings. The summed E-state index contributed by atoms with van der Waals surface area (Å²) < 4.78 is 10.8. The van der Waals surface area contributed by atoms with Crippen molar-refractivity contribution in [2.24, 2.45) is 5.10 Å². The molecule has 7 heteroatoms. The van der Waals surface area contributed by atoms with Crippen molar-refractivity contribution in [1.29, 1.82) is 0 Å². The Morgan fingerprint density at radius 3 is 2.88 bits per heavy atom. The molecule has 0 aliphatic heterocycles. The van der Waals surface area contributed by atoms with E-state index in [1.54, 1.807) is 38.1 Å². The fourth-order valence-corrected chi connectivity index (χ4v) is 4.58. The van der Waals surface area contributed by atoms with Crippen LogP contribution in [-0.4, -0.2) is 30.4 Å². The molecule has 1 aliphatic carbocycles. The number of anilines is 1. The van der Waals surface area contributed by atoms with Gasteiger partial charge >= 0.3 is 0 Å². The topological polar surface area (TPSA) is 68.6 Å². The van der Waals surface area contributed by atoms with Gasteiger partial charge < -0.3 is 9.47 Å². The third-order valence-electron chi connectivity index (χ3n) is 4.56. The van der Waals surface area contributed by atoms with Crippen LogP contribution in [0, 0.1) is 0 Å². The van der Waals surface area contributed by atoms with Crippen molar-refractivity contribution in [2.75, 3.05) is 19.6 Å². The van der Waals surface area contributed by atoms with Gasteiger partial charge in [-0.15, -0.1) is 11.3 Å². The average Bonchev–Trinajstić information content (AvgIpc) is 3.07. The predicted molar refractivity (Wildman–Crippen MR) is 105 cm³/mol. The largest absolute Gasteiger partial charge is 0.493 e. The monoisotopic (exact) mass is 368 g/mol. The average molecular weight is 368 g/mol. The van der Waals surface area contributed by atoms with Gasteiger partial charge in [-0.2, -0.15) is 5.10 Å². The molecule has 2 aromatic heterocycles. The van der Waals surface area contributed by atoms with E-state index in [9.17, 15) is 0 Å². The summed E-state index contributed by atoms with van der Waals surface area (Å²) in [6.07, 6.45) is 8.01. The number of methoxy groups -OCH3 is 2. The molecule has 0 saturated carbocycles.